The van der Waals surface area contributed by atoms with E-state index in [0.717, 1.165) is 63.7 Å². The standard InChI is InChI=1S/C59H114O6/c1-5-7-9-11-13-15-17-19-21-23-24-25-27-28-30-34-38-42-46-50-57(60)63-53-56(54-64-58(61)51-47-43-39-36-32-33-37-41-45-49-55(3)4)65-59(62)52-48-44-40-35-31-29-26-22-20-18-16-14-12-10-8-6-2/h55-56H,5-54H2,1-4H3/t56-/m1/s1. The van der Waals surface area contributed by atoms with Crippen LogP contribution in [0.15, 0.2) is 0 Å². The van der Waals surface area contributed by atoms with Crippen molar-refractivity contribution in [2.24, 2.45) is 5.92 Å². The van der Waals surface area contributed by atoms with E-state index in [9.17, 15) is 14.4 Å². The van der Waals surface area contributed by atoms with Crippen LogP contribution in [0.25, 0.3) is 0 Å². The van der Waals surface area contributed by atoms with Gasteiger partial charge in [0.15, 0.2) is 6.10 Å². The lowest BCUT2D eigenvalue weighted by Gasteiger charge is -2.18. The number of ether oxygens (including phenoxy) is 3. The van der Waals surface area contributed by atoms with Gasteiger partial charge in [0.2, 0.25) is 0 Å². The van der Waals surface area contributed by atoms with Crippen LogP contribution in [0.4, 0.5) is 0 Å². The first-order chi connectivity index (χ1) is 31.9. The predicted octanol–water partition coefficient (Wildman–Crippen LogP) is 19.4. The predicted molar refractivity (Wildman–Crippen MR) is 280 cm³/mol. The number of hydrogen-bond donors (Lipinski definition) is 0. The number of rotatable bonds is 54. The van der Waals surface area contributed by atoms with Gasteiger partial charge in [-0.15, -0.1) is 0 Å². The molecule has 6 heteroatoms. The molecule has 0 aromatic carbocycles. The Morgan fingerprint density at radius 1 is 0.292 bits per heavy atom. The Hall–Kier alpha value is -1.59. The zero-order valence-corrected chi connectivity index (χ0v) is 44.5. The van der Waals surface area contributed by atoms with Gasteiger partial charge in [-0.25, -0.2) is 0 Å². The monoisotopic (exact) mass is 919 g/mol. The van der Waals surface area contributed by atoms with Gasteiger partial charge in [0.1, 0.15) is 13.2 Å². The van der Waals surface area contributed by atoms with Gasteiger partial charge in [0, 0.05) is 19.3 Å². The average Bonchev–Trinajstić information content (AvgIpc) is 3.29. The normalized spacial score (nSPS) is 12.0. The Morgan fingerprint density at radius 3 is 0.754 bits per heavy atom. The molecule has 0 aliphatic carbocycles. The Bertz CT molecular complexity index is 980. The third-order valence-corrected chi connectivity index (χ3v) is 13.5. The summed E-state index contributed by atoms with van der Waals surface area (Å²) in [7, 11) is 0. The van der Waals surface area contributed by atoms with Gasteiger partial charge in [0.05, 0.1) is 0 Å². The summed E-state index contributed by atoms with van der Waals surface area (Å²) < 4.78 is 16.9. The molecule has 0 bridgehead atoms. The average molecular weight is 920 g/mol. The molecule has 0 aliphatic heterocycles. The molecule has 0 rings (SSSR count). The number of carbonyl (C=O) groups excluding carboxylic acids is 3. The Kier molecular flexibility index (Phi) is 52.1. The molecule has 0 saturated carbocycles. The van der Waals surface area contributed by atoms with Crippen molar-refractivity contribution in [2.45, 2.75) is 342 Å². The molecular formula is C59H114O6. The molecule has 0 unspecified atom stereocenters. The first-order valence-electron chi connectivity index (χ1n) is 29.4. The van der Waals surface area contributed by atoms with Crippen LogP contribution in [0.1, 0.15) is 336 Å². The van der Waals surface area contributed by atoms with E-state index in [1.807, 2.05) is 0 Å². The van der Waals surface area contributed by atoms with Crippen LogP contribution in [-0.4, -0.2) is 37.2 Å². The zero-order valence-electron chi connectivity index (χ0n) is 44.5. The highest BCUT2D eigenvalue weighted by Gasteiger charge is 2.19. The lowest BCUT2D eigenvalue weighted by molar-refractivity contribution is -0.167. The second-order valence-corrected chi connectivity index (χ2v) is 20.8. The van der Waals surface area contributed by atoms with Crippen LogP contribution in [0.2, 0.25) is 0 Å². The Balaban J connectivity index is 4.26. The smallest absolute Gasteiger partial charge is 0.306 e. The fourth-order valence-electron chi connectivity index (χ4n) is 9.10. The largest absolute Gasteiger partial charge is 0.462 e. The lowest BCUT2D eigenvalue weighted by Crippen LogP contribution is -2.30. The van der Waals surface area contributed by atoms with Crippen LogP contribution >= 0.6 is 0 Å². The molecule has 0 heterocycles. The van der Waals surface area contributed by atoms with E-state index < -0.39 is 6.10 Å². The van der Waals surface area contributed by atoms with Crippen LogP contribution in [0.3, 0.4) is 0 Å². The lowest BCUT2D eigenvalue weighted by atomic mass is 10.0. The highest BCUT2D eigenvalue weighted by Crippen LogP contribution is 2.18. The van der Waals surface area contributed by atoms with E-state index in [-0.39, 0.29) is 31.1 Å². The van der Waals surface area contributed by atoms with Gasteiger partial charge in [-0.1, -0.05) is 297 Å². The van der Waals surface area contributed by atoms with Gasteiger partial charge in [0.25, 0.3) is 0 Å². The first kappa shape index (κ1) is 63.4. The Labute approximate surface area is 406 Å². The molecular weight excluding hydrogens is 805 g/mol. The second-order valence-electron chi connectivity index (χ2n) is 20.8. The molecule has 1 atom stereocenters. The summed E-state index contributed by atoms with van der Waals surface area (Å²) in [6.45, 7) is 9.04. The summed E-state index contributed by atoms with van der Waals surface area (Å²) >= 11 is 0. The third-order valence-electron chi connectivity index (χ3n) is 13.5. The molecule has 6 nitrogen and oxygen atoms in total. The van der Waals surface area contributed by atoms with Gasteiger partial charge in [-0.2, -0.15) is 0 Å². The molecule has 0 N–H and O–H groups in total. The molecule has 0 radical (unpaired) electrons. The molecule has 0 aliphatic rings. The van der Waals surface area contributed by atoms with Gasteiger partial charge >= 0.3 is 17.9 Å². The van der Waals surface area contributed by atoms with E-state index in [2.05, 4.69) is 27.7 Å². The number of esters is 3. The fraction of sp³-hybridized carbons (Fsp3) is 0.949. The second kappa shape index (κ2) is 53.4. The maximum atomic E-state index is 12.8. The number of hydrogen-bond acceptors (Lipinski definition) is 6. The maximum absolute atomic E-state index is 12.8. The van der Waals surface area contributed by atoms with Crippen LogP contribution < -0.4 is 0 Å². The SMILES string of the molecule is CCCCCCCCCCCCCCCCCCCCCC(=O)OC[C@H](COC(=O)CCCCCCCCCCCC(C)C)OC(=O)CCCCCCCCCCCCCCCCCC. The number of unbranched alkanes of at least 4 members (excludes halogenated alkanes) is 41. The number of carbonyl (C=O) groups is 3. The summed E-state index contributed by atoms with van der Waals surface area (Å²) in [5.41, 5.74) is 0. The van der Waals surface area contributed by atoms with Gasteiger partial charge in [-0.05, 0) is 25.2 Å². The van der Waals surface area contributed by atoms with Crippen molar-refractivity contribution in [3.63, 3.8) is 0 Å². The molecule has 0 aromatic rings. The van der Waals surface area contributed by atoms with Crippen molar-refractivity contribution in [3.8, 4) is 0 Å². The molecule has 386 valence electrons. The highest BCUT2D eigenvalue weighted by molar-refractivity contribution is 5.71. The minimum Gasteiger partial charge on any atom is -0.462 e. The summed E-state index contributed by atoms with van der Waals surface area (Å²) in [4.78, 5) is 38.1. The fourth-order valence-corrected chi connectivity index (χ4v) is 9.10. The molecule has 0 amide bonds. The van der Waals surface area contributed by atoms with Crippen molar-refractivity contribution >= 4 is 17.9 Å². The highest BCUT2D eigenvalue weighted by atomic mass is 16.6. The minimum atomic E-state index is -0.762. The van der Waals surface area contributed by atoms with Crippen LogP contribution in [-0.2, 0) is 28.6 Å². The summed E-state index contributed by atoms with van der Waals surface area (Å²) in [5, 5.41) is 0. The first-order valence-corrected chi connectivity index (χ1v) is 29.4. The van der Waals surface area contributed by atoms with E-state index in [4.69, 9.17) is 14.2 Å². The van der Waals surface area contributed by atoms with Gasteiger partial charge < -0.3 is 14.2 Å². The third kappa shape index (κ3) is 53.2. The van der Waals surface area contributed by atoms with Gasteiger partial charge in [-0.3, -0.25) is 14.4 Å². The summed E-state index contributed by atoms with van der Waals surface area (Å²) in [5.74, 6) is -0.0279. The van der Waals surface area contributed by atoms with E-state index in [1.165, 1.54) is 231 Å². The van der Waals surface area contributed by atoms with Crippen molar-refractivity contribution in [1.82, 2.24) is 0 Å². The van der Waals surface area contributed by atoms with Crippen molar-refractivity contribution in [3.05, 3.63) is 0 Å². The van der Waals surface area contributed by atoms with Crippen molar-refractivity contribution in [1.29, 1.82) is 0 Å². The van der Waals surface area contributed by atoms with Crippen molar-refractivity contribution < 1.29 is 28.6 Å². The summed E-state index contributed by atoms with van der Waals surface area (Å²) in [6.07, 6.45) is 58.1. The topological polar surface area (TPSA) is 78.9 Å². The van der Waals surface area contributed by atoms with Crippen LogP contribution in [0, 0.1) is 5.92 Å². The Morgan fingerprint density at radius 2 is 0.508 bits per heavy atom. The van der Waals surface area contributed by atoms with E-state index in [0.29, 0.717) is 19.3 Å². The van der Waals surface area contributed by atoms with E-state index in [1.54, 1.807) is 0 Å². The molecule has 0 saturated heterocycles. The minimum absolute atomic E-state index is 0.0621. The van der Waals surface area contributed by atoms with Crippen LogP contribution in [0.5, 0.6) is 0 Å². The van der Waals surface area contributed by atoms with Crippen molar-refractivity contribution in [2.75, 3.05) is 13.2 Å². The quantitative estimate of drug-likeness (QED) is 0.0344. The molecule has 0 fully saturated rings. The molecule has 0 spiro atoms. The van der Waals surface area contributed by atoms with E-state index >= 15 is 0 Å². The molecule has 65 heavy (non-hydrogen) atoms. The maximum Gasteiger partial charge on any atom is 0.306 e. The zero-order chi connectivity index (χ0) is 47.4. The molecule has 0 aromatic heterocycles. The summed E-state index contributed by atoms with van der Waals surface area (Å²) in [6, 6.07) is 0.